The molecule has 148 valence electrons. The van der Waals surface area contributed by atoms with Gasteiger partial charge in [0.2, 0.25) is 0 Å². The Bertz CT molecular complexity index is 671. The maximum Gasteiger partial charge on any atom is 0.409 e. The molecule has 0 saturated carbocycles. The molecule has 8 heteroatoms. The second kappa shape index (κ2) is 9.89. The van der Waals surface area contributed by atoms with Gasteiger partial charge in [-0.2, -0.15) is 0 Å². The summed E-state index contributed by atoms with van der Waals surface area (Å²) >= 11 is 0. The number of hydrogen-bond donors (Lipinski definition) is 2. The molecule has 1 atom stereocenters. The van der Waals surface area contributed by atoms with Crippen molar-refractivity contribution < 1.29 is 19.1 Å². The lowest BCUT2D eigenvalue weighted by Crippen LogP contribution is -2.46. The van der Waals surface area contributed by atoms with E-state index < -0.39 is 0 Å². The van der Waals surface area contributed by atoms with Crippen molar-refractivity contribution >= 4 is 17.9 Å². The van der Waals surface area contributed by atoms with E-state index in [1.54, 1.807) is 17.9 Å². The summed E-state index contributed by atoms with van der Waals surface area (Å²) in [6.45, 7) is 7.11. The van der Waals surface area contributed by atoms with Crippen molar-refractivity contribution in [1.29, 1.82) is 0 Å². The standard InChI is InChI=1S/C19H28N4O4/c1-4-13(3)21-17(24)14-10-15(12-20-11-14)18(25)22-16-6-8-23(9-7-16)19(26)27-5-2/h10-13,16H,4-9H2,1-3H3,(H,21,24)(H,22,25). The van der Waals surface area contributed by atoms with Crippen LogP contribution < -0.4 is 10.6 Å². The SMILES string of the molecule is CCOC(=O)N1CCC(NC(=O)c2cncc(C(=O)NC(C)CC)c2)CC1. The highest BCUT2D eigenvalue weighted by Crippen LogP contribution is 2.13. The fraction of sp³-hybridized carbons (Fsp3) is 0.579. The van der Waals surface area contributed by atoms with Gasteiger partial charge in [0.1, 0.15) is 0 Å². The number of rotatable bonds is 6. The van der Waals surface area contributed by atoms with Gasteiger partial charge in [0.05, 0.1) is 17.7 Å². The molecule has 2 N–H and O–H groups in total. The van der Waals surface area contributed by atoms with Crippen LogP contribution in [0.4, 0.5) is 4.79 Å². The maximum atomic E-state index is 12.5. The molecule has 1 saturated heterocycles. The topological polar surface area (TPSA) is 101 Å². The summed E-state index contributed by atoms with van der Waals surface area (Å²) in [6.07, 6.45) is 4.73. The molecule has 8 nitrogen and oxygen atoms in total. The first-order valence-corrected chi connectivity index (χ1v) is 9.43. The van der Waals surface area contributed by atoms with E-state index in [9.17, 15) is 14.4 Å². The zero-order chi connectivity index (χ0) is 19.8. The largest absolute Gasteiger partial charge is 0.450 e. The molecule has 1 aliphatic heterocycles. The van der Waals surface area contributed by atoms with Crippen molar-refractivity contribution in [1.82, 2.24) is 20.5 Å². The van der Waals surface area contributed by atoms with Crippen LogP contribution in [0.3, 0.4) is 0 Å². The molecule has 3 amide bonds. The van der Waals surface area contributed by atoms with Crippen LogP contribution in [-0.4, -0.2) is 59.6 Å². The third-order valence-corrected chi connectivity index (χ3v) is 4.61. The van der Waals surface area contributed by atoms with Gasteiger partial charge in [-0.25, -0.2) is 4.79 Å². The van der Waals surface area contributed by atoms with E-state index in [4.69, 9.17) is 4.74 Å². The molecule has 1 aromatic rings. The summed E-state index contributed by atoms with van der Waals surface area (Å²) in [4.78, 5) is 42.1. The van der Waals surface area contributed by atoms with Crippen LogP contribution in [0.1, 0.15) is 60.7 Å². The van der Waals surface area contributed by atoms with Crippen molar-refractivity contribution in [2.45, 2.75) is 52.1 Å². The quantitative estimate of drug-likeness (QED) is 0.790. The number of piperidine rings is 1. The van der Waals surface area contributed by atoms with Gasteiger partial charge < -0.3 is 20.3 Å². The molecular formula is C19H28N4O4. The van der Waals surface area contributed by atoms with E-state index >= 15 is 0 Å². The van der Waals surface area contributed by atoms with E-state index in [1.165, 1.54) is 12.4 Å². The fourth-order valence-corrected chi connectivity index (χ4v) is 2.79. The number of ether oxygens (including phenoxy) is 1. The number of nitrogens with one attached hydrogen (secondary N) is 2. The Morgan fingerprint density at radius 3 is 2.41 bits per heavy atom. The van der Waals surface area contributed by atoms with E-state index in [2.05, 4.69) is 15.6 Å². The number of aromatic nitrogens is 1. The Morgan fingerprint density at radius 2 is 1.81 bits per heavy atom. The third kappa shape index (κ3) is 5.94. The highest BCUT2D eigenvalue weighted by molar-refractivity contribution is 5.99. The van der Waals surface area contributed by atoms with Crippen molar-refractivity contribution in [3.8, 4) is 0 Å². The van der Waals surface area contributed by atoms with Crippen molar-refractivity contribution in [3.05, 3.63) is 29.6 Å². The predicted octanol–water partition coefficient (Wildman–Crippen LogP) is 1.96. The average Bonchev–Trinajstić information content (AvgIpc) is 2.68. The van der Waals surface area contributed by atoms with E-state index in [1.807, 2.05) is 13.8 Å². The predicted molar refractivity (Wildman–Crippen MR) is 101 cm³/mol. The molecule has 0 aromatic carbocycles. The van der Waals surface area contributed by atoms with Crippen molar-refractivity contribution in [3.63, 3.8) is 0 Å². The van der Waals surface area contributed by atoms with E-state index in [0.717, 1.165) is 6.42 Å². The smallest absolute Gasteiger partial charge is 0.409 e. The van der Waals surface area contributed by atoms with Crippen LogP contribution in [0.25, 0.3) is 0 Å². The van der Waals surface area contributed by atoms with Crippen LogP contribution in [0.5, 0.6) is 0 Å². The highest BCUT2D eigenvalue weighted by atomic mass is 16.6. The summed E-state index contributed by atoms with van der Waals surface area (Å²) in [5, 5.41) is 5.81. The Hall–Kier alpha value is -2.64. The average molecular weight is 376 g/mol. The van der Waals surface area contributed by atoms with Gasteiger partial charge in [-0.1, -0.05) is 6.92 Å². The normalized spacial score (nSPS) is 15.7. The van der Waals surface area contributed by atoms with Crippen LogP contribution in [0.2, 0.25) is 0 Å². The summed E-state index contributed by atoms with van der Waals surface area (Å²) < 4.78 is 4.99. The third-order valence-electron chi connectivity index (χ3n) is 4.61. The van der Waals surface area contributed by atoms with E-state index in [-0.39, 0.29) is 30.0 Å². The molecule has 0 aliphatic carbocycles. The lowest BCUT2D eigenvalue weighted by molar-refractivity contribution is 0.0859. The molecule has 0 bridgehead atoms. The van der Waals surface area contributed by atoms with Crippen LogP contribution in [-0.2, 0) is 4.74 Å². The number of nitrogens with zero attached hydrogens (tertiary/aromatic N) is 2. The zero-order valence-electron chi connectivity index (χ0n) is 16.2. The van der Waals surface area contributed by atoms with Gasteiger partial charge in [0.25, 0.3) is 11.8 Å². The number of hydrogen-bond acceptors (Lipinski definition) is 5. The molecule has 1 aromatic heterocycles. The zero-order valence-corrected chi connectivity index (χ0v) is 16.2. The Balaban J connectivity index is 1.90. The summed E-state index contributed by atoms with van der Waals surface area (Å²) in [5.41, 5.74) is 0.708. The van der Waals surface area contributed by atoms with Gasteiger partial charge in [-0.15, -0.1) is 0 Å². The molecular weight excluding hydrogens is 348 g/mol. The molecule has 0 spiro atoms. The minimum atomic E-state index is -0.313. The monoisotopic (exact) mass is 376 g/mol. The van der Waals surface area contributed by atoms with Crippen molar-refractivity contribution in [2.24, 2.45) is 0 Å². The molecule has 2 rings (SSSR count). The summed E-state index contributed by atoms with van der Waals surface area (Å²) in [5.74, 6) is -0.510. The number of pyridine rings is 1. The second-order valence-corrected chi connectivity index (χ2v) is 6.68. The minimum Gasteiger partial charge on any atom is -0.450 e. The summed E-state index contributed by atoms with van der Waals surface area (Å²) in [6, 6.07) is 1.58. The van der Waals surface area contributed by atoms with Gasteiger partial charge in [0.15, 0.2) is 0 Å². The number of amides is 3. The molecule has 1 fully saturated rings. The van der Waals surface area contributed by atoms with Crippen LogP contribution in [0, 0.1) is 0 Å². The number of carbonyl (C=O) groups excluding carboxylic acids is 3. The molecule has 1 unspecified atom stereocenters. The Morgan fingerprint density at radius 1 is 1.19 bits per heavy atom. The molecule has 1 aliphatic rings. The second-order valence-electron chi connectivity index (χ2n) is 6.68. The minimum absolute atomic E-state index is 0.0271. The molecule has 27 heavy (non-hydrogen) atoms. The first-order chi connectivity index (χ1) is 12.9. The fourth-order valence-electron chi connectivity index (χ4n) is 2.79. The number of likely N-dealkylation sites (tertiary alicyclic amines) is 1. The molecule has 0 radical (unpaired) electrons. The van der Waals surface area contributed by atoms with Gasteiger partial charge >= 0.3 is 6.09 Å². The van der Waals surface area contributed by atoms with Crippen molar-refractivity contribution in [2.75, 3.05) is 19.7 Å². The van der Waals surface area contributed by atoms with Gasteiger partial charge in [-0.05, 0) is 39.2 Å². The first-order valence-electron chi connectivity index (χ1n) is 9.43. The maximum absolute atomic E-state index is 12.5. The van der Waals surface area contributed by atoms with Crippen LogP contribution in [0.15, 0.2) is 18.5 Å². The Kier molecular flexibility index (Phi) is 7.57. The lowest BCUT2D eigenvalue weighted by Gasteiger charge is -2.31. The van der Waals surface area contributed by atoms with Gasteiger partial charge in [-0.3, -0.25) is 14.6 Å². The summed E-state index contributed by atoms with van der Waals surface area (Å²) in [7, 11) is 0. The number of carbonyl (C=O) groups is 3. The van der Waals surface area contributed by atoms with Crippen LogP contribution >= 0.6 is 0 Å². The van der Waals surface area contributed by atoms with E-state index in [0.29, 0.717) is 43.7 Å². The van der Waals surface area contributed by atoms with Gasteiger partial charge in [0, 0.05) is 37.6 Å². The molecule has 2 heterocycles. The Labute approximate surface area is 159 Å². The lowest BCUT2D eigenvalue weighted by atomic mass is 10.0. The highest BCUT2D eigenvalue weighted by Gasteiger charge is 2.25. The first kappa shape index (κ1) is 20.7.